The van der Waals surface area contributed by atoms with Crippen molar-refractivity contribution in [1.82, 2.24) is 9.78 Å². The maximum absolute atomic E-state index is 6.15. The molecule has 0 aliphatic carbocycles. The average Bonchev–Trinajstić information content (AvgIpc) is 2.64. The zero-order valence-electron chi connectivity index (χ0n) is 9.65. The van der Waals surface area contributed by atoms with Crippen LogP contribution in [0.15, 0.2) is 10.7 Å². The van der Waals surface area contributed by atoms with Crippen LogP contribution in [0.4, 0.5) is 0 Å². The van der Waals surface area contributed by atoms with Crippen LogP contribution in [0.3, 0.4) is 0 Å². The van der Waals surface area contributed by atoms with Gasteiger partial charge in [-0.15, -0.1) is 0 Å². The molecule has 1 rings (SSSR count). The second-order valence-corrected chi connectivity index (χ2v) is 5.53. The van der Waals surface area contributed by atoms with Gasteiger partial charge in [0.1, 0.15) is 0 Å². The van der Waals surface area contributed by atoms with Gasteiger partial charge in [-0.05, 0) is 21.7 Å². The van der Waals surface area contributed by atoms with Crippen molar-refractivity contribution in [3.63, 3.8) is 0 Å². The van der Waals surface area contributed by atoms with Gasteiger partial charge in [-0.25, -0.2) is 0 Å². The third-order valence-electron chi connectivity index (χ3n) is 2.19. The van der Waals surface area contributed by atoms with E-state index in [9.17, 15) is 0 Å². The van der Waals surface area contributed by atoms with E-state index in [-0.39, 0.29) is 6.04 Å². The molecule has 0 fully saturated rings. The molecule has 2 N–H and O–H groups in total. The Kier molecular flexibility index (Phi) is 6.41. The summed E-state index contributed by atoms with van der Waals surface area (Å²) >= 11 is 5.33. The van der Waals surface area contributed by atoms with Crippen LogP contribution in [0.25, 0.3) is 0 Å². The smallest absolute Gasteiger partial charge is 0.0702 e. The number of ether oxygens (including phenoxy) is 1. The third-order valence-corrected chi connectivity index (χ3v) is 3.81. The van der Waals surface area contributed by atoms with Crippen molar-refractivity contribution >= 4 is 27.7 Å². The van der Waals surface area contributed by atoms with Crippen LogP contribution in [0.1, 0.15) is 18.7 Å². The highest BCUT2D eigenvalue weighted by Crippen LogP contribution is 2.24. The van der Waals surface area contributed by atoms with E-state index in [0.717, 1.165) is 28.2 Å². The molecule has 1 aromatic rings. The Balaban J connectivity index is 2.71. The normalized spacial score (nSPS) is 13.0. The van der Waals surface area contributed by atoms with Crippen molar-refractivity contribution in [3.8, 4) is 0 Å². The zero-order valence-corrected chi connectivity index (χ0v) is 12.1. The fraction of sp³-hybridized carbons (Fsp3) is 0.700. The molecule has 16 heavy (non-hydrogen) atoms. The number of hydrogen-bond donors (Lipinski definition) is 1. The van der Waals surface area contributed by atoms with Crippen LogP contribution in [-0.2, 0) is 11.3 Å². The number of methoxy groups -OCH3 is 1. The number of aromatic nitrogens is 2. The quantitative estimate of drug-likeness (QED) is 0.837. The number of nitrogens with zero attached hydrogens (tertiary/aromatic N) is 2. The fourth-order valence-electron chi connectivity index (χ4n) is 1.42. The third kappa shape index (κ3) is 3.76. The van der Waals surface area contributed by atoms with Gasteiger partial charge in [-0.2, -0.15) is 16.9 Å². The Morgan fingerprint density at radius 2 is 2.44 bits per heavy atom. The van der Waals surface area contributed by atoms with Crippen molar-refractivity contribution in [2.75, 3.05) is 25.2 Å². The first-order valence-corrected chi connectivity index (χ1v) is 7.19. The molecule has 1 heterocycles. The van der Waals surface area contributed by atoms with E-state index >= 15 is 0 Å². The molecule has 0 aliphatic heterocycles. The van der Waals surface area contributed by atoms with Crippen LogP contribution >= 0.6 is 27.7 Å². The monoisotopic (exact) mass is 307 g/mol. The molecule has 6 heteroatoms. The van der Waals surface area contributed by atoms with Gasteiger partial charge in [-0.3, -0.25) is 4.68 Å². The average molecular weight is 308 g/mol. The Bertz CT molecular complexity index is 319. The van der Waals surface area contributed by atoms with E-state index in [1.165, 1.54) is 0 Å². The van der Waals surface area contributed by atoms with Crippen LogP contribution in [0.2, 0.25) is 0 Å². The van der Waals surface area contributed by atoms with Crippen molar-refractivity contribution < 1.29 is 4.74 Å². The van der Waals surface area contributed by atoms with Gasteiger partial charge in [0.15, 0.2) is 0 Å². The van der Waals surface area contributed by atoms with E-state index in [2.05, 4.69) is 28.0 Å². The molecule has 0 aromatic carbocycles. The van der Waals surface area contributed by atoms with Crippen molar-refractivity contribution in [2.24, 2.45) is 5.73 Å². The summed E-state index contributed by atoms with van der Waals surface area (Å²) in [6, 6.07) is 0.0127. The first kappa shape index (κ1) is 14.0. The van der Waals surface area contributed by atoms with Crippen molar-refractivity contribution in [3.05, 3.63) is 16.4 Å². The predicted molar refractivity (Wildman–Crippen MR) is 71.7 cm³/mol. The molecule has 0 saturated carbocycles. The molecule has 0 bridgehead atoms. The molecular weight excluding hydrogens is 290 g/mol. The summed E-state index contributed by atoms with van der Waals surface area (Å²) in [6.07, 6.45) is 1.79. The first-order valence-electron chi connectivity index (χ1n) is 5.24. The van der Waals surface area contributed by atoms with Crippen molar-refractivity contribution in [1.29, 1.82) is 0 Å². The number of thioether (sulfide) groups is 1. The van der Waals surface area contributed by atoms with Gasteiger partial charge >= 0.3 is 0 Å². The molecule has 92 valence electrons. The lowest BCUT2D eigenvalue weighted by Gasteiger charge is -2.14. The van der Waals surface area contributed by atoms with Crippen LogP contribution in [-0.4, -0.2) is 35.0 Å². The summed E-state index contributed by atoms with van der Waals surface area (Å²) in [7, 11) is 1.69. The molecular formula is C10H18BrN3OS. The fourth-order valence-corrected chi connectivity index (χ4v) is 2.66. The van der Waals surface area contributed by atoms with E-state index in [1.807, 2.05) is 16.4 Å². The van der Waals surface area contributed by atoms with Gasteiger partial charge in [0.05, 0.1) is 35.6 Å². The lowest BCUT2D eigenvalue weighted by atomic mass is 10.2. The molecule has 0 aliphatic rings. The van der Waals surface area contributed by atoms with Crippen LogP contribution < -0.4 is 5.73 Å². The van der Waals surface area contributed by atoms with Crippen LogP contribution in [0, 0.1) is 0 Å². The second-order valence-electron chi connectivity index (χ2n) is 3.36. The number of halogens is 1. The number of rotatable bonds is 7. The Morgan fingerprint density at radius 3 is 3.06 bits per heavy atom. The summed E-state index contributed by atoms with van der Waals surface area (Å²) in [4.78, 5) is 0. The molecule has 0 radical (unpaired) electrons. The topological polar surface area (TPSA) is 53.1 Å². The lowest BCUT2D eigenvalue weighted by molar-refractivity contribution is 0.182. The summed E-state index contributed by atoms with van der Waals surface area (Å²) in [5, 5.41) is 4.28. The van der Waals surface area contributed by atoms with E-state index in [0.29, 0.717) is 6.61 Å². The van der Waals surface area contributed by atoms with Crippen LogP contribution in [0.5, 0.6) is 0 Å². The Hall–Kier alpha value is -0.0400. The zero-order chi connectivity index (χ0) is 12.0. The summed E-state index contributed by atoms with van der Waals surface area (Å²) in [5.74, 6) is 1.99. The Morgan fingerprint density at radius 1 is 1.69 bits per heavy atom. The van der Waals surface area contributed by atoms with Gasteiger partial charge in [0, 0.05) is 12.9 Å². The molecule has 1 aromatic heterocycles. The highest BCUT2D eigenvalue weighted by atomic mass is 79.9. The lowest BCUT2D eigenvalue weighted by Crippen LogP contribution is -2.20. The minimum Gasteiger partial charge on any atom is -0.383 e. The van der Waals surface area contributed by atoms with Gasteiger partial charge in [0.25, 0.3) is 0 Å². The maximum atomic E-state index is 6.15. The largest absolute Gasteiger partial charge is 0.383 e. The minimum atomic E-state index is 0.0127. The first-order chi connectivity index (χ1) is 7.70. The van der Waals surface area contributed by atoms with E-state index in [1.54, 1.807) is 13.3 Å². The number of nitrogens with two attached hydrogens (primary N) is 1. The summed E-state index contributed by atoms with van der Waals surface area (Å²) < 4.78 is 7.94. The minimum absolute atomic E-state index is 0.0127. The predicted octanol–water partition coefficient (Wildman–Crippen LogP) is 2.04. The molecule has 4 nitrogen and oxygen atoms in total. The highest BCUT2D eigenvalue weighted by molar-refractivity contribution is 9.10. The summed E-state index contributed by atoms with van der Waals surface area (Å²) in [6.45, 7) is 3.52. The van der Waals surface area contributed by atoms with Gasteiger partial charge < -0.3 is 10.5 Å². The molecule has 0 saturated heterocycles. The van der Waals surface area contributed by atoms with E-state index in [4.69, 9.17) is 10.5 Å². The molecule has 0 amide bonds. The Labute approximate surface area is 109 Å². The molecule has 1 atom stereocenters. The van der Waals surface area contributed by atoms with Gasteiger partial charge in [0.2, 0.25) is 0 Å². The van der Waals surface area contributed by atoms with Crippen molar-refractivity contribution in [2.45, 2.75) is 19.5 Å². The number of hydrogen-bond acceptors (Lipinski definition) is 4. The standard InChI is InChI=1S/C10H18BrN3OS/c1-3-16-7-9(12)10-8(11)6-13-14(10)4-5-15-2/h6,9H,3-5,7,12H2,1-2H3. The highest BCUT2D eigenvalue weighted by Gasteiger charge is 2.16. The SMILES string of the molecule is CCSCC(N)c1c(Br)cnn1CCOC. The van der Waals surface area contributed by atoms with Gasteiger partial charge in [-0.1, -0.05) is 6.92 Å². The summed E-state index contributed by atoms with van der Waals surface area (Å²) in [5.41, 5.74) is 7.20. The molecule has 0 spiro atoms. The maximum Gasteiger partial charge on any atom is 0.0702 e. The molecule has 1 unspecified atom stereocenters. The van der Waals surface area contributed by atoms with E-state index < -0.39 is 0 Å². The second kappa shape index (κ2) is 7.32.